The molecule has 0 fully saturated rings. The standard InChI is InChI=1S/C21H28N4O2.HI/c1-25(2)18(16-9-5-6-10-19(16)26-3)14-23-21(22)24-17-12-13-27-20-11-7-4-8-15(17)20;/h4-11,17-18H,12-14H2,1-3H3,(H3,22,23,24);1H. The highest BCUT2D eigenvalue weighted by Gasteiger charge is 2.22. The largest absolute Gasteiger partial charge is 0.496 e. The first-order chi connectivity index (χ1) is 13.1. The molecule has 0 spiro atoms. The van der Waals surface area contributed by atoms with E-state index >= 15 is 0 Å². The van der Waals surface area contributed by atoms with Crippen LogP contribution in [0.1, 0.15) is 29.6 Å². The first-order valence-electron chi connectivity index (χ1n) is 9.17. The highest BCUT2D eigenvalue weighted by Crippen LogP contribution is 2.31. The maximum Gasteiger partial charge on any atom is 0.189 e. The van der Waals surface area contributed by atoms with E-state index in [4.69, 9.17) is 15.2 Å². The number of guanidine groups is 1. The SMILES string of the molecule is COc1ccccc1C(CN=C(N)NC1CCOc2ccccc21)N(C)C.I. The normalized spacial score (nSPS) is 17.1. The van der Waals surface area contributed by atoms with Gasteiger partial charge in [-0.05, 0) is 26.2 Å². The van der Waals surface area contributed by atoms with E-state index in [2.05, 4.69) is 27.3 Å². The number of benzene rings is 2. The number of hydrogen-bond donors (Lipinski definition) is 2. The van der Waals surface area contributed by atoms with Gasteiger partial charge in [-0.3, -0.25) is 4.99 Å². The smallest absolute Gasteiger partial charge is 0.189 e. The molecule has 1 aliphatic heterocycles. The Bertz CT molecular complexity index is 797. The van der Waals surface area contributed by atoms with Crippen molar-refractivity contribution in [1.82, 2.24) is 10.2 Å². The fraction of sp³-hybridized carbons (Fsp3) is 0.381. The number of halogens is 1. The summed E-state index contributed by atoms with van der Waals surface area (Å²) in [7, 11) is 5.75. The van der Waals surface area contributed by atoms with Gasteiger partial charge in [-0.2, -0.15) is 0 Å². The Morgan fingerprint density at radius 1 is 1.25 bits per heavy atom. The molecule has 2 unspecified atom stereocenters. The first kappa shape index (κ1) is 22.3. The number of methoxy groups -OCH3 is 1. The molecular formula is C21H29IN4O2. The molecule has 0 radical (unpaired) electrons. The minimum atomic E-state index is 0. The predicted octanol–water partition coefficient (Wildman–Crippen LogP) is 3.34. The summed E-state index contributed by atoms with van der Waals surface area (Å²) in [6.45, 7) is 1.21. The van der Waals surface area contributed by atoms with Crippen LogP contribution in [-0.2, 0) is 0 Å². The molecule has 3 N–H and O–H groups in total. The number of hydrogen-bond acceptors (Lipinski definition) is 4. The van der Waals surface area contributed by atoms with Gasteiger partial charge >= 0.3 is 0 Å². The number of aliphatic imine (C=N–C) groups is 1. The van der Waals surface area contributed by atoms with Crippen molar-refractivity contribution in [2.24, 2.45) is 10.7 Å². The van der Waals surface area contributed by atoms with Crippen molar-refractivity contribution in [3.63, 3.8) is 0 Å². The second-order valence-corrected chi connectivity index (χ2v) is 6.82. The van der Waals surface area contributed by atoms with Crippen molar-refractivity contribution in [3.05, 3.63) is 59.7 Å². The van der Waals surface area contributed by atoms with Gasteiger partial charge in [0.1, 0.15) is 11.5 Å². The monoisotopic (exact) mass is 496 g/mol. The quantitative estimate of drug-likeness (QED) is 0.365. The lowest BCUT2D eigenvalue weighted by Crippen LogP contribution is -2.38. The summed E-state index contributed by atoms with van der Waals surface area (Å²) in [6.07, 6.45) is 0.858. The highest BCUT2D eigenvalue weighted by molar-refractivity contribution is 14.0. The molecule has 2 atom stereocenters. The van der Waals surface area contributed by atoms with Gasteiger partial charge in [-0.15, -0.1) is 24.0 Å². The fourth-order valence-electron chi connectivity index (χ4n) is 3.38. The number of para-hydroxylation sites is 2. The number of nitrogens with zero attached hydrogens (tertiary/aromatic N) is 2. The van der Waals surface area contributed by atoms with E-state index in [9.17, 15) is 0 Å². The number of nitrogens with two attached hydrogens (primary N) is 1. The first-order valence-corrected chi connectivity index (χ1v) is 9.17. The van der Waals surface area contributed by atoms with Crippen LogP contribution in [0.5, 0.6) is 11.5 Å². The van der Waals surface area contributed by atoms with Crippen LogP contribution < -0.4 is 20.5 Å². The van der Waals surface area contributed by atoms with Crippen molar-refractivity contribution >= 4 is 29.9 Å². The van der Waals surface area contributed by atoms with Gasteiger partial charge in [0.05, 0.1) is 32.3 Å². The molecule has 0 bridgehead atoms. The maximum absolute atomic E-state index is 6.21. The molecule has 6 nitrogen and oxygen atoms in total. The molecule has 0 aromatic heterocycles. The molecule has 28 heavy (non-hydrogen) atoms. The van der Waals surface area contributed by atoms with Gasteiger partial charge in [0.15, 0.2) is 5.96 Å². The number of likely N-dealkylation sites (N-methyl/N-ethyl adjacent to an activating group) is 1. The molecule has 2 aromatic rings. The van der Waals surface area contributed by atoms with Gasteiger partial charge in [0, 0.05) is 17.5 Å². The average Bonchev–Trinajstić information content (AvgIpc) is 2.68. The molecule has 2 aromatic carbocycles. The van der Waals surface area contributed by atoms with Crippen molar-refractivity contribution < 1.29 is 9.47 Å². The third-order valence-corrected chi connectivity index (χ3v) is 4.84. The Labute approximate surface area is 184 Å². The third kappa shape index (κ3) is 5.29. The zero-order valence-electron chi connectivity index (χ0n) is 16.6. The zero-order chi connectivity index (χ0) is 19.2. The minimum Gasteiger partial charge on any atom is -0.496 e. The van der Waals surface area contributed by atoms with Crippen LogP contribution in [-0.4, -0.2) is 45.2 Å². The Hall–Kier alpha value is -2.00. The molecule has 0 saturated carbocycles. The van der Waals surface area contributed by atoms with Crippen LogP contribution in [0.3, 0.4) is 0 Å². The summed E-state index contributed by atoms with van der Waals surface area (Å²) in [5, 5.41) is 3.35. The van der Waals surface area contributed by atoms with E-state index in [1.165, 1.54) is 0 Å². The highest BCUT2D eigenvalue weighted by atomic mass is 127. The molecule has 0 amide bonds. The summed E-state index contributed by atoms with van der Waals surface area (Å²) in [4.78, 5) is 6.73. The molecule has 3 rings (SSSR count). The lowest BCUT2D eigenvalue weighted by Gasteiger charge is -2.28. The van der Waals surface area contributed by atoms with Crippen molar-refractivity contribution in [2.45, 2.75) is 18.5 Å². The third-order valence-electron chi connectivity index (χ3n) is 4.84. The summed E-state index contributed by atoms with van der Waals surface area (Å²) >= 11 is 0. The fourth-order valence-corrected chi connectivity index (χ4v) is 3.38. The molecule has 152 valence electrons. The number of ether oxygens (including phenoxy) is 2. The van der Waals surface area contributed by atoms with Crippen LogP contribution in [0.2, 0.25) is 0 Å². The second kappa shape index (κ2) is 10.5. The van der Waals surface area contributed by atoms with Gasteiger partial charge < -0.3 is 25.4 Å². The number of fused-ring (bicyclic) bond motifs is 1. The van der Waals surface area contributed by atoms with Crippen molar-refractivity contribution in [1.29, 1.82) is 0 Å². The van der Waals surface area contributed by atoms with Crippen LogP contribution in [0.4, 0.5) is 0 Å². The Morgan fingerprint density at radius 2 is 1.96 bits per heavy atom. The van der Waals surface area contributed by atoms with Crippen molar-refractivity contribution in [2.75, 3.05) is 34.4 Å². The minimum absolute atomic E-state index is 0. The van der Waals surface area contributed by atoms with Crippen LogP contribution >= 0.6 is 24.0 Å². The van der Waals surface area contributed by atoms with Gasteiger partial charge in [-0.1, -0.05) is 36.4 Å². The summed E-state index contributed by atoms with van der Waals surface area (Å²) < 4.78 is 11.2. The van der Waals surface area contributed by atoms with Gasteiger partial charge in [0.25, 0.3) is 0 Å². The zero-order valence-corrected chi connectivity index (χ0v) is 18.9. The van der Waals surface area contributed by atoms with E-state index in [1.54, 1.807) is 7.11 Å². The van der Waals surface area contributed by atoms with E-state index in [0.717, 1.165) is 29.0 Å². The van der Waals surface area contributed by atoms with Crippen LogP contribution in [0.15, 0.2) is 53.5 Å². The summed E-state index contributed by atoms with van der Waals surface area (Å²) in [5.74, 6) is 2.21. The van der Waals surface area contributed by atoms with E-state index in [1.807, 2.05) is 50.5 Å². The van der Waals surface area contributed by atoms with Gasteiger partial charge in [0.2, 0.25) is 0 Å². The molecule has 1 aliphatic rings. The molecule has 1 heterocycles. The molecule has 7 heteroatoms. The summed E-state index contributed by atoms with van der Waals surface area (Å²) in [5.41, 5.74) is 8.42. The Morgan fingerprint density at radius 3 is 2.71 bits per heavy atom. The van der Waals surface area contributed by atoms with E-state index < -0.39 is 0 Å². The Kier molecular flexibility index (Phi) is 8.37. The van der Waals surface area contributed by atoms with E-state index in [-0.39, 0.29) is 36.1 Å². The lowest BCUT2D eigenvalue weighted by atomic mass is 10.0. The lowest BCUT2D eigenvalue weighted by molar-refractivity contribution is 0.261. The Balaban J connectivity index is 0.00000280. The van der Waals surface area contributed by atoms with Crippen LogP contribution in [0.25, 0.3) is 0 Å². The molecule has 0 aliphatic carbocycles. The van der Waals surface area contributed by atoms with Gasteiger partial charge in [-0.25, -0.2) is 0 Å². The van der Waals surface area contributed by atoms with E-state index in [0.29, 0.717) is 19.1 Å². The number of rotatable bonds is 6. The second-order valence-electron chi connectivity index (χ2n) is 6.82. The maximum atomic E-state index is 6.21. The average molecular weight is 496 g/mol. The molecular weight excluding hydrogens is 467 g/mol. The van der Waals surface area contributed by atoms with Crippen LogP contribution in [0, 0.1) is 0 Å². The predicted molar refractivity (Wildman–Crippen MR) is 124 cm³/mol. The van der Waals surface area contributed by atoms with Crippen molar-refractivity contribution in [3.8, 4) is 11.5 Å². The summed E-state index contributed by atoms with van der Waals surface area (Å²) in [6, 6.07) is 16.2. The number of nitrogens with one attached hydrogen (secondary N) is 1. The molecule has 0 saturated heterocycles. The topological polar surface area (TPSA) is 72.1 Å².